The van der Waals surface area contributed by atoms with Crippen LogP contribution < -0.4 is 4.74 Å². The summed E-state index contributed by atoms with van der Waals surface area (Å²) in [4.78, 5) is 12.0. The van der Waals surface area contributed by atoms with Crippen LogP contribution in [0.25, 0.3) is 0 Å². The Morgan fingerprint density at radius 3 is 2.29 bits per heavy atom. The Morgan fingerprint density at radius 2 is 1.68 bits per heavy atom. The van der Waals surface area contributed by atoms with Crippen molar-refractivity contribution in [2.24, 2.45) is 5.92 Å². The van der Waals surface area contributed by atoms with Crippen LogP contribution in [0.1, 0.15) is 45.1 Å². The Hall–Kier alpha value is -2.34. The van der Waals surface area contributed by atoms with Gasteiger partial charge in [-0.15, -0.1) is 0 Å². The maximum absolute atomic E-state index is 11.8. The second-order valence-electron chi connectivity index (χ2n) is 6.92. The van der Waals surface area contributed by atoms with Crippen molar-refractivity contribution in [1.82, 2.24) is 0 Å². The molecule has 2 aromatic rings. The molecule has 6 heteroatoms. The third-order valence-corrected chi connectivity index (χ3v) is 5.79. The van der Waals surface area contributed by atoms with E-state index in [1.54, 1.807) is 25.1 Å². The maximum atomic E-state index is 11.8. The molecule has 0 saturated carbocycles. The Labute approximate surface area is 167 Å². The van der Waals surface area contributed by atoms with Gasteiger partial charge in [0.05, 0.1) is 11.5 Å². The van der Waals surface area contributed by atoms with Gasteiger partial charge in [-0.05, 0) is 61.1 Å². The lowest BCUT2D eigenvalue weighted by Gasteiger charge is -2.23. The fourth-order valence-electron chi connectivity index (χ4n) is 3.30. The van der Waals surface area contributed by atoms with Gasteiger partial charge in [-0.25, -0.2) is 8.42 Å². The van der Waals surface area contributed by atoms with Crippen LogP contribution in [0.2, 0.25) is 0 Å². The van der Waals surface area contributed by atoms with Crippen LogP contribution in [0, 0.1) is 5.92 Å². The fraction of sp³-hybridized carbons (Fsp3) is 0.409. The van der Waals surface area contributed by atoms with Crippen molar-refractivity contribution in [2.45, 2.75) is 44.4 Å². The highest BCUT2D eigenvalue weighted by molar-refractivity contribution is 7.90. The zero-order valence-electron chi connectivity index (χ0n) is 16.8. The third kappa shape index (κ3) is 6.09. The predicted molar refractivity (Wildman–Crippen MR) is 110 cm³/mol. The lowest BCUT2D eigenvalue weighted by atomic mass is 9.83. The van der Waals surface area contributed by atoms with Gasteiger partial charge in [0.1, 0.15) is 11.5 Å². The van der Waals surface area contributed by atoms with Gasteiger partial charge in [-0.1, -0.05) is 32.0 Å². The summed E-state index contributed by atoms with van der Waals surface area (Å²) in [5, 5.41) is 0. The van der Waals surface area contributed by atoms with E-state index in [2.05, 4.69) is 6.92 Å². The average Bonchev–Trinajstić information content (AvgIpc) is 2.62. The van der Waals surface area contributed by atoms with E-state index in [0.29, 0.717) is 24.5 Å². The van der Waals surface area contributed by atoms with Crippen molar-refractivity contribution in [2.75, 3.05) is 12.9 Å². The highest BCUT2D eigenvalue weighted by atomic mass is 32.2. The SMILES string of the molecule is CCOC(=O)CC(C)C(CC)c1cccc(Oc2cccc(S(C)(=O)=O)c2)c1. The zero-order chi connectivity index (χ0) is 20.7. The van der Waals surface area contributed by atoms with Gasteiger partial charge < -0.3 is 9.47 Å². The monoisotopic (exact) mass is 404 g/mol. The number of sulfone groups is 1. The van der Waals surface area contributed by atoms with Gasteiger partial charge in [-0.3, -0.25) is 4.79 Å². The van der Waals surface area contributed by atoms with Crippen molar-refractivity contribution in [3.05, 3.63) is 54.1 Å². The molecular formula is C22H28O5S. The first-order chi connectivity index (χ1) is 13.2. The number of hydrogen-bond donors (Lipinski definition) is 0. The molecule has 0 spiro atoms. The van der Waals surface area contributed by atoms with Crippen LogP contribution in [0.5, 0.6) is 11.5 Å². The van der Waals surface area contributed by atoms with Crippen LogP contribution in [0.15, 0.2) is 53.4 Å². The summed E-state index contributed by atoms with van der Waals surface area (Å²) in [6.45, 7) is 6.33. The van der Waals surface area contributed by atoms with Gasteiger partial charge in [-0.2, -0.15) is 0 Å². The minimum absolute atomic E-state index is 0.132. The number of rotatable bonds is 9. The molecule has 2 atom stereocenters. The molecular weight excluding hydrogens is 376 g/mol. The smallest absolute Gasteiger partial charge is 0.306 e. The van der Waals surface area contributed by atoms with Crippen molar-refractivity contribution >= 4 is 15.8 Å². The standard InChI is InChI=1S/C22H28O5S/c1-5-21(16(3)13-22(23)26-6-2)17-9-7-10-18(14-17)27-19-11-8-12-20(15-19)28(4,24)25/h7-12,14-16,21H,5-6,13H2,1-4H3. The van der Waals surface area contributed by atoms with Crippen molar-refractivity contribution in [1.29, 1.82) is 0 Å². The van der Waals surface area contributed by atoms with Crippen LogP contribution in [-0.2, 0) is 19.4 Å². The molecule has 0 fully saturated rings. The van der Waals surface area contributed by atoms with Crippen molar-refractivity contribution < 1.29 is 22.7 Å². The minimum Gasteiger partial charge on any atom is -0.466 e. The molecule has 0 amide bonds. The second kappa shape index (κ2) is 9.73. The number of hydrogen-bond acceptors (Lipinski definition) is 5. The first-order valence-electron chi connectivity index (χ1n) is 9.48. The van der Waals surface area contributed by atoms with E-state index in [-0.39, 0.29) is 22.7 Å². The molecule has 2 unspecified atom stereocenters. The summed E-state index contributed by atoms with van der Waals surface area (Å²) in [6, 6.07) is 14.2. The summed E-state index contributed by atoms with van der Waals surface area (Å²) in [5.74, 6) is 1.24. The number of benzene rings is 2. The average molecular weight is 405 g/mol. The molecule has 0 saturated heterocycles. The highest BCUT2D eigenvalue weighted by Gasteiger charge is 2.21. The minimum atomic E-state index is -3.29. The highest BCUT2D eigenvalue weighted by Crippen LogP contribution is 2.33. The van der Waals surface area contributed by atoms with E-state index in [4.69, 9.17) is 9.47 Å². The summed E-state index contributed by atoms with van der Waals surface area (Å²) in [6.07, 6.45) is 2.42. The lowest BCUT2D eigenvalue weighted by molar-refractivity contribution is -0.144. The molecule has 152 valence electrons. The van der Waals surface area contributed by atoms with Crippen LogP contribution in [-0.4, -0.2) is 27.2 Å². The molecule has 0 aliphatic heterocycles. The number of carbonyl (C=O) groups excluding carboxylic acids is 1. The van der Waals surface area contributed by atoms with E-state index in [9.17, 15) is 13.2 Å². The second-order valence-corrected chi connectivity index (χ2v) is 8.94. The van der Waals surface area contributed by atoms with Crippen molar-refractivity contribution in [3.8, 4) is 11.5 Å². The Kier molecular flexibility index (Phi) is 7.63. The van der Waals surface area contributed by atoms with E-state index in [1.807, 2.05) is 31.2 Å². The largest absolute Gasteiger partial charge is 0.466 e. The summed E-state index contributed by atoms with van der Waals surface area (Å²) in [5.41, 5.74) is 1.08. The van der Waals surface area contributed by atoms with E-state index < -0.39 is 9.84 Å². The van der Waals surface area contributed by atoms with Crippen LogP contribution >= 0.6 is 0 Å². The summed E-state index contributed by atoms with van der Waals surface area (Å²) < 4.78 is 34.4. The maximum Gasteiger partial charge on any atom is 0.306 e. The first-order valence-corrected chi connectivity index (χ1v) is 11.4. The number of carbonyl (C=O) groups is 1. The van der Waals surface area contributed by atoms with E-state index in [0.717, 1.165) is 12.0 Å². The molecule has 2 aromatic carbocycles. The molecule has 2 rings (SSSR count). The molecule has 0 aliphatic rings. The van der Waals surface area contributed by atoms with Gasteiger partial charge in [0.2, 0.25) is 0 Å². The van der Waals surface area contributed by atoms with Crippen LogP contribution in [0.4, 0.5) is 0 Å². The fourth-order valence-corrected chi connectivity index (χ4v) is 3.96. The number of ether oxygens (including phenoxy) is 2. The molecule has 0 aromatic heterocycles. The third-order valence-electron chi connectivity index (χ3n) is 4.68. The molecule has 5 nitrogen and oxygen atoms in total. The van der Waals surface area contributed by atoms with Crippen LogP contribution in [0.3, 0.4) is 0 Å². The Balaban J connectivity index is 2.20. The topological polar surface area (TPSA) is 69.7 Å². The number of esters is 1. The predicted octanol–water partition coefficient (Wildman–Crippen LogP) is 4.97. The van der Waals surface area contributed by atoms with E-state index in [1.165, 1.54) is 12.3 Å². The van der Waals surface area contributed by atoms with E-state index >= 15 is 0 Å². The van der Waals surface area contributed by atoms with Gasteiger partial charge in [0.15, 0.2) is 9.84 Å². The first kappa shape index (κ1) is 22.0. The summed E-state index contributed by atoms with van der Waals surface area (Å²) in [7, 11) is -3.29. The van der Waals surface area contributed by atoms with Crippen molar-refractivity contribution in [3.63, 3.8) is 0 Å². The molecule has 28 heavy (non-hydrogen) atoms. The lowest BCUT2D eigenvalue weighted by Crippen LogP contribution is -2.15. The molecule has 0 N–H and O–H groups in total. The zero-order valence-corrected chi connectivity index (χ0v) is 17.7. The molecule has 0 bridgehead atoms. The van der Waals surface area contributed by atoms with Gasteiger partial charge in [0.25, 0.3) is 0 Å². The Morgan fingerprint density at radius 1 is 1.04 bits per heavy atom. The molecule has 0 aliphatic carbocycles. The molecule has 0 radical (unpaired) electrons. The summed E-state index contributed by atoms with van der Waals surface area (Å²) >= 11 is 0. The normalized spacial score (nSPS) is 13.6. The van der Waals surface area contributed by atoms with Gasteiger partial charge in [0, 0.05) is 12.7 Å². The molecule has 0 heterocycles. The van der Waals surface area contributed by atoms with Gasteiger partial charge >= 0.3 is 5.97 Å². The quantitative estimate of drug-likeness (QED) is 0.552. The Bertz CT molecular complexity index is 905.